The summed E-state index contributed by atoms with van der Waals surface area (Å²) in [7, 11) is 3.14. The predicted molar refractivity (Wildman–Crippen MR) is 226 cm³/mol. The Hall–Kier alpha value is -6.09. The maximum Gasteiger partial charge on any atom is 0.573 e. The Bertz CT molecular complexity index is 2350. The normalized spacial score (nSPS) is 20.9. The molecule has 2 aromatic carbocycles. The van der Waals surface area contributed by atoms with Gasteiger partial charge in [0.2, 0.25) is 17.7 Å². The van der Waals surface area contributed by atoms with Gasteiger partial charge in [0.05, 0.1) is 43.6 Å². The van der Waals surface area contributed by atoms with Crippen molar-refractivity contribution < 1.29 is 51.3 Å². The zero-order chi connectivity index (χ0) is 45.2. The minimum Gasteiger partial charge on any atom is -0.405 e. The Labute approximate surface area is 367 Å². The van der Waals surface area contributed by atoms with E-state index in [0.717, 1.165) is 12.5 Å². The molecule has 4 aliphatic heterocycles. The van der Waals surface area contributed by atoms with Gasteiger partial charge in [0.25, 0.3) is 5.91 Å². The highest BCUT2D eigenvalue weighted by atomic mass is 19.4. The van der Waals surface area contributed by atoms with Gasteiger partial charge in [-0.05, 0) is 56.6 Å². The number of carbonyl (C=O) groups is 4. The van der Waals surface area contributed by atoms with Gasteiger partial charge in [-0.15, -0.1) is 13.2 Å². The lowest BCUT2D eigenvalue weighted by atomic mass is 9.96. The number of aromatic nitrogens is 3. The number of anilines is 2. The Morgan fingerprint density at radius 3 is 2.36 bits per heavy atom. The van der Waals surface area contributed by atoms with Crippen molar-refractivity contribution >= 4 is 35.1 Å². The van der Waals surface area contributed by atoms with Gasteiger partial charge in [0, 0.05) is 81.5 Å². The third kappa shape index (κ3) is 9.26. The average molecular weight is 890 g/mol. The second kappa shape index (κ2) is 18.2. The lowest BCUT2D eigenvalue weighted by Gasteiger charge is -2.42. The maximum atomic E-state index is 13.7. The summed E-state index contributed by atoms with van der Waals surface area (Å²) in [5.41, 5.74) is 1.13. The largest absolute Gasteiger partial charge is 0.573 e. The van der Waals surface area contributed by atoms with Crippen LogP contribution in [0.2, 0.25) is 0 Å². The van der Waals surface area contributed by atoms with Crippen LogP contribution < -0.4 is 20.3 Å². The van der Waals surface area contributed by atoms with E-state index in [9.17, 15) is 32.3 Å². The number of hydrogen-bond acceptors (Lipinski definition) is 12. The van der Waals surface area contributed by atoms with Gasteiger partial charge in [-0.1, -0.05) is 24.3 Å². The van der Waals surface area contributed by atoms with Crippen LogP contribution in [0.15, 0.2) is 67.0 Å². The molecule has 4 aromatic rings. The van der Waals surface area contributed by atoms with Crippen molar-refractivity contribution in [1.29, 1.82) is 0 Å². The van der Waals surface area contributed by atoms with E-state index in [2.05, 4.69) is 25.3 Å². The minimum atomic E-state index is -5.02. The molecule has 2 aromatic heterocycles. The first kappa shape index (κ1) is 44.5. The van der Waals surface area contributed by atoms with Crippen LogP contribution in [-0.4, -0.2) is 151 Å². The first-order chi connectivity index (χ1) is 30.7. The van der Waals surface area contributed by atoms with Crippen molar-refractivity contribution in [1.82, 2.24) is 35.0 Å². The van der Waals surface area contributed by atoms with Crippen LogP contribution in [0.4, 0.5) is 24.7 Å². The molecule has 17 nitrogen and oxygen atoms in total. The first-order valence-electron chi connectivity index (χ1n) is 21.1. The number of rotatable bonds is 12. The van der Waals surface area contributed by atoms with Crippen molar-refractivity contribution in [3.05, 3.63) is 78.4 Å². The van der Waals surface area contributed by atoms with Crippen LogP contribution in [-0.2, 0) is 28.6 Å². The number of benzene rings is 2. The van der Waals surface area contributed by atoms with Crippen LogP contribution in [0.25, 0.3) is 22.4 Å². The summed E-state index contributed by atoms with van der Waals surface area (Å²) in [5, 5.41) is 5.53. The highest BCUT2D eigenvalue weighted by Gasteiger charge is 2.51. The lowest BCUT2D eigenvalue weighted by Crippen LogP contribution is -2.60. The van der Waals surface area contributed by atoms with Crippen LogP contribution in [0, 0.1) is 0 Å². The summed E-state index contributed by atoms with van der Waals surface area (Å²) in [4.78, 5) is 72.1. The van der Waals surface area contributed by atoms with E-state index in [4.69, 9.17) is 19.2 Å². The number of nitrogens with one attached hydrogen (secondary N) is 3. The predicted octanol–water partition coefficient (Wildman–Crippen LogP) is 4.20. The van der Waals surface area contributed by atoms with E-state index >= 15 is 0 Å². The molecule has 1 unspecified atom stereocenters. The third-order valence-electron chi connectivity index (χ3n) is 12.2. The minimum absolute atomic E-state index is 0.0707. The van der Waals surface area contributed by atoms with E-state index in [1.165, 1.54) is 25.4 Å². The second-order valence-corrected chi connectivity index (χ2v) is 16.4. The number of amides is 4. The fraction of sp³-hybridized carbons (Fsp3) is 0.455. The molecule has 2 atom stereocenters. The maximum absolute atomic E-state index is 13.7. The molecule has 1 spiro atoms. The number of carbonyl (C=O) groups excluding carboxylic acids is 4. The zero-order valence-corrected chi connectivity index (χ0v) is 35.7. The van der Waals surface area contributed by atoms with Crippen LogP contribution in [0.3, 0.4) is 0 Å². The SMILES string of the molecule is CNCC(=O)N1CC2(CC1c1nc(-c3ccc(-c4ccc(NC(=O)c5ccc(N6CCN(C(=O)[C@]7(C)CCCN7C(=O)COC)CC6)nc5)cc4OC(F)(F)F)cc3)c[nH]1)OCCO2. The van der Waals surface area contributed by atoms with E-state index in [1.807, 2.05) is 11.8 Å². The van der Waals surface area contributed by atoms with Crippen molar-refractivity contribution in [2.24, 2.45) is 0 Å². The van der Waals surface area contributed by atoms with Gasteiger partial charge < -0.3 is 54.2 Å². The van der Waals surface area contributed by atoms with E-state index in [1.54, 1.807) is 64.3 Å². The van der Waals surface area contributed by atoms with Crippen LogP contribution >= 0.6 is 0 Å². The molecule has 4 aliphatic rings. The number of hydrogen-bond donors (Lipinski definition) is 3. The molecule has 0 saturated carbocycles. The molecule has 6 heterocycles. The summed E-state index contributed by atoms with van der Waals surface area (Å²) in [6.45, 7) is 5.33. The zero-order valence-electron chi connectivity index (χ0n) is 35.7. The van der Waals surface area contributed by atoms with Gasteiger partial charge in [-0.25, -0.2) is 9.97 Å². The molecule has 3 N–H and O–H groups in total. The quantitative estimate of drug-likeness (QED) is 0.185. The molecular weight excluding hydrogens is 840 g/mol. The number of likely N-dealkylation sites (N-methyl/N-ethyl adjacent to an activating group) is 1. The number of alkyl halides is 3. The molecule has 4 amide bonds. The van der Waals surface area contributed by atoms with E-state index in [-0.39, 0.29) is 54.2 Å². The van der Waals surface area contributed by atoms with Crippen molar-refractivity contribution in [3.8, 4) is 28.1 Å². The first-order valence-corrected chi connectivity index (χ1v) is 21.1. The van der Waals surface area contributed by atoms with Crippen molar-refractivity contribution in [3.63, 3.8) is 0 Å². The summed E-state index contributed by atoms with van der Waals surface area (Å²) < 4.78 is 62.4. The number of imidazole rings is 1. The molecular formula is C44H50F3N9O8. The smallest absolute Gasteiger partial charge is 0.405 e. The molecule has 64 heavy (non-hydrogen) atoms. The topological polar surface area (TPSA) is 184 Å². The molecule has 4 fully saturated rings. The van der Waals surface area contributed by atoms with Gasteiger partial charge in [-0.2, -0.15) is 0 Å². The van der Waals surface area contributed by atoms with Crippen LogP contribution in [0.1, 0.15) is 48.4 Å². The number of pyridine rings is 1. The number of aromatic amines is 1. The number of halogens is 3. The summed E-state index contributed by atoms with van der Waals surface area (Å²) in [5.74, 6) is -1.29. The summed E-state index contributed by atoms with van der Waals surface area (Å²) in [6, 6.07) is 13.6. The fourth-order valence-corrected chi connectivity index (χ4v) is 9.00. The highest BCUT2D eigenvalue weighted by molar-refractivity contribution is 6.04. The van der Waals surface area contributed by atoms with Crippen LogP contribution in [0.5, 0.6) is 5.75 Å². The number of ether oxygens (including phenoxy) is 4. The standard InChI is InChI=1S/C44H50F3N9O8/c1-42(13-4-14-56(42)38(58)26-61-3)41(60)54-17-15-53(16-18-54)36-12-9-30(23-49-36)40(59)51-31-10-11-32(35(21-31)64-44(45,46)47)28-5-7-29(8-6-28)33-24-50-39(52-33)34-22-43(62-19-20-63-43)27-55(34)37(57)25-48-2/h5-12,21,23-24,34,48H,4,13-20,22,25-27H2,1-3H3,(H,50,52)(H,51,59)/t34?,42-/m0/s1. The Balaban J connectivity index is 0.908. The van der Waals surface area contributed by atoms with Gasteiger partial charge in [-0.3, -0.25) is 19.2 Å². The number of nitrogens with zero attached hydrogens (tertiary/aromatic N) is 6. The van der Waals surface area contributed by atoms with Gasteiger partial charge in [0.1, 0.15) is 29.5 Å². The third-order valence-corrected chi connectivity index (χ3v) is 12.2. The number of methoxy groups -OCH3 is 1. The van der Waals surface area contributed by atoms with Gasteiger partial charge in [0.15, 0.2) is 5.79 Å². The molecule has 20 heteroatoms. The highest BCUT2D eigenvalue weighted by Crippen LogP contribution is 2.43. The summed E-state index contributed by atoms with van der Waals surface area (Å²) in [6.07, 6.45) is -0.213. The number of H-pyrrole nitrogens is 1. The van der Waals surface area contributed by atoms with E-state index in [0.29, 0.717) is 87.2 Å². The second-order valence-electron chi connectivity index (χ2n) is 16.4. The molecule has 340 valence electrons. The molecule has 0 bridgehead atoms. The lowest BCUT2D eigenvalue weighted by molar-refractivity contribution is -0.274. The fourth-order valence-electron chi connectivity index (χ4n) is 9.00. The molecule has 8 rings (SSSR count). The monoisotopic (exact) mass is 889 g/mol. The molecule has 4 saturated heterocycles. The molecule has 0 aliphatic carbocycles. The van der Waals surface area contributed by atoms with E-state index < -0.39 is 35.4 Å². The Morgan fingerprint density at radius 2 is 1.69 bits per heavy atom. The van der Waals surface area contributed by atoms with Gasteiger partial charge >= 0.3 is 6.36 Å². The Morgan fingerprint density at radius 1 is 0.953 bits per heavy atom. The van der Waals surface area contributed by atoms with Crippen molar-refractivity contribution in [2.45, 2.75) is 49.9 Å². The summed E-state index contributed by atoms with van der Waals surface area (Å²) >= 11 is 0. The Kier molecular flexibility index (Phi) is 12.6. The average Bonchev–Trinajstić information content (AvgIpc) is 4.11. The number of piperazine rings is 1. The molecule has 0 radical (unpaired) electrons. The van der Waals surface area contributed by atoms with Crippen molar-refractivity contribution in [2.75, 3.05) is 90.0 Å². The number of likely N-dealkylation sites (tertiary alicyclic amines) is 2.